The lowest BCUT2D eigenvalue weighted by atomic mass is 9.93. The Balaban J connectivity index is 1.90. The van der Waals surface area contributed by atoms with E-state index in [1.807, 2.05) is 0 Å². The van der Waals surface area contributed by atoms with Crippen molar-refractivity contribution >= 4 is 0 Å². The monoisotopic (exact) mass is 302 g/mol. The second-order valence-corrected chi connectivity index (χ2v) is 7.14. The molecule has 0 bridgehead atoms. The van der Waals surface area contributed by atoms with E-state index in [4.69, 9.17) is 0 Å². The normalized spacial score (nSPS) is 20.1. The maximum Gasteiger partial charge on any atom is 0.255 e. The van der Waals surface area contributed by atoms with Crippen LogP contribution in [-0.2, 0) is 19.4 Å². The summed E-state index contributed by atoms with van der Waals surface area (Å²) in [6, 6.07) is 3.13. The van der Waals surface area contributed by atoms with Crippen LogP contribution in [0.4, 0.5) is 0 Å². The molecule has 0 amide bonds. The van der Waals surface area contributed by atoms with E-state index in [1.165, 1.54) is 49.8 Å². The number of aromatic nitrogens is 1. The largest absolute Gasteiger partial charge is 0.310 e. The number of pyridine rings is 1. The van der Waals surface area contributed by atoms with E-state index in [2.05, 4.69) is 29.8 Å². The molecule has 122 valence electrons. The lowest BCUT2D eigenvalue weighted by molar-refractivity contribution is 0.464. The van der Waals surface area contributed by atoms with Crippen LogP contribution in [0.1, 0.15) is 81.7 Å². The fraction of sp³-hybridized carbons (Fsp3) is 0.737. The van der Waals surface area contributed by atoms with E-state index in [9.17, 15) is 4.79 Å². The van der Waals surface area contributed by atoms with Gasteiger partial charge in [0.05, 0.1) is 0 Å². The average molecular weight is 302 g/mol. The van der Waals surface area contributed by atoms with Crippen LogP contribution in [0, 0.1) is 0 Å². The van der Waals surface area contributed by atoms with Crippen molar-refractivity contribution in [1.29, 1.82) is 0 Å². The molecule has 0 aliphatic heterocycles. The van der Waals surface area contributed by atoms with Gasteiger partial charge in [-0.3, -0.25) is 4.79 Å². The number of fused-ring (bicyclic) bond motifs is 1. The molecule has 2 aliphatic rings. The Kier molecular flexibility index (Phi) is 5.02. The standard InChI is InChI=1S/C19H30N2O/c1-3-14(2)21-18-11-7-4-8-15(18)12-16(19(21)22)13-20-17-9-5-6-10-17/h12,14,17,20H,3-11,13H2,1-2H3. The molecule has 3 rings (SSSR count). The van der Waals surface area contributed by atoms with Gasteiger partial charge >= 0.3 is 0 Å². The number of hydrogen-bond acceptors (Lipinski definition) is 2. The van der Waals surface area contributed by atoms with Crippen LogP contribution in [0.2, 0.25) is 0 Å². The topological polar surface area (TPSA) is 34.0 Å². The van der Waals surface area contributed by atoms with Crippen molar-refractivity contribution in [2.75, 3.05) is 0 Å². The summed E-state index contributed by atoms with van der Waals surface area (Å²) in [5, 5.41) is 3.62. The van der Waals surface area contributed by atoms with Gasteiger partial charge in [-0.25, -0.2) is 0 Å². The smallest absolute Gasteiger partial charge is 0.255 e. The third kappa shape index (κ3) is 3.15. The molecule has 1 unspecified atom stereocenters. The Morgan fingerprint density at radius 1 is 1.23 bits per heavy atom. The molecule has 22 heavy (non-hydrogen) atoms. The zero-order valence-corrected chi connectivity index (χ0v) is 14.2. The Hall–Kier alpha value is -1.09. The van der Waals surface area contributed by atoms with Gasteiger partial charge in [-0.2, -0.15) is 0 Å². The Morgan fingerprint density at radius 3 is 2.68 bits per heavy atom. The fourth-order valence-corrected chi connectivity index (χ4v) is 4.05. The molecular formula is C19H30N2O. The molecule has 0 aromatic carbocycles. The summed E-state index contributed by atoms with van der Waals surface area (Å²) in [5.74, 6) is 0. The van der Waals surface area contributed by atoms with E-state index in [0.717, 1.165) is 31.4 Å². The molecule has 1 N–H and O–H groups in total. The van der Waals surface area contributed by atoms with Crippen LogP contribution in [0.25, 0.3) is 0 Å². The molecule has 1 aromatic heterocycles. The Morgan fingerprint density at radius 2 is 1.95 bits per heavy atom. The third-order valence-electron chi connectivity index (χ3n) is 5.58. The lowest BCUT2D eigenvalue weighted by Crippen LogP contribution is -2.35. The zero-order chi connectivity index (χ0) is 15.5. The predicted molar refractivity (Wildman–Crippen MR) is 91.4 cm³/mol. The first-order chi connectivity index (χ1) is 10.7. The number of hydrogen-bond donors (Lipinski definition) is 1. The second-order valence-electron chi connectivity index (χ2n) is 7.14. The van der Waals surface area contributed by atoms with Crippen molar-refractivity contribution in [2.45, 2.75) is 90.3 Å². The van der Waals surface area contributed by atoms with E-state index in [-0.39, 0.29) is 5.56 Å². The molecule has 1 atom stereocenters. The minimum Gasteiger partial charge on any atom is -0.310 e. The molecular weight excluding hydrogens is 272 g/mol. The van der Waals surface area contributed by atoms with Gasteiger partial charge in [0.1, 0.15) is 0 Å². The quantitative estimate of drug-likeness (QED) is 0.899. The molecule has 3 heteroatoms. The maximum absolute atomic E-state index is 13.0. The SMILES string of the molecule is CCC(C)n1c2c(cc(CNC3CCCC3)c1=O)CCCC2. The molecule has 0 spiro atoms. The molecule has 0 saturated heterocycles. The second kappa shape index (κ2) is 6.99. The molecule has 1 aromatic rings. The van der Waals surface area contributed by atoms with E-state index >= 15 is 0 Å². The van der Waals surface area contributed by atoms with Gasteiger partial charge in [0.15, 0.2) is 0 Å². The number of aryl methyl sites for hydroxylation is 1. The molecule has 2 aliphatic carbocycles. The summed E-state index contributed by atoms with van der Waals surface area (Å²) in [5.41, 5.74) is 3.97. The first-order valence-corrected chi connectivity index (χ1v) is 9.20. The Labute approximate surface area is 134 Å². The van der Waals surface area contributed by atoms with Gasteiger partial charge in [0.2, 0.25) is 0 Å². The Bertz CT molecular complexity index is 570. The number of rotatable bonds is 5. The molecule has 1 heterocycles. The highest BCUT2D eigenvalue weighted by Gasteiger charge is 2.21. The van der Waals surface area contributed by atoms with Gasteiger partial charge in [0, 0.05) is 29.9 Å². The number of nitrogens with zero attached hydrogens (tertiary/aromatic N) is 1. The van der Waals surface area contributed by atoms with Crippen LogP contribution < -0.4 is 10.9 Å². The highest BCUT2D eigenvalue weighted by Crippen LogP contribution is 2.24. The summed E-state index contributed by atoms with van der Waals surface area (Å²) in [6.45, 7) is 5.10. The van der Waals surface area contributed by atoms with Crippen molar-refractivity contribution in [3.8, 4) is 0 Å². The predicted octanol–water partition coefficient (Wildman–Crippen LogP) is 3.73. The van der Waals surface area contributed by atoms with Crippen LogP contribution in [-0.4, -0.2) is 10.6 Å². The molecule has 3 nitrogen and oxygen atoms in total. The van der Waals surface area contributed by atoms with Crippen LogP contribution in [0.15, 0.2) is 10.9 Å². The molecule has 0 radical (unpaired) electrons. The van der Waals surface area contributed by atoms with Gasteiger partial charge < -0.3 is 9.88 Å². The minimum absolute atomic E-state index is 0.250. The fourth-order valence-electron chi connectivity index (χ4n) is 4.05. The highest BCUT2D eigenvalue weighted by molar-refractivity contribution is 5.29. The van der Waals surface area contributed by atoms with Gasteiger partial charge in [-0.05, 0) is 63.5 Å². The lowest BCUT2D eigenvalue weighted by Gasteiger charge is -2.26. The summed E-state index contributed by atoms with van der Waals surface area (Å²) in [7, 11) is 0. The van der Waals surface area contributed by atoms with Gasteiger partial charge in [-0.15, -0.1) is 0 Å². The van der Waals surface area contributed by atoms with Crippen molar-refractivity contribution in [3.05, 3.63) is 33.2 Å². The van der Waals surface area contributed by atoms with E-state index in [1.54, 1.807) is 0 Å². The van der Waals surface area contributed by atoms with Crippen molar-refractivity contribution < 1.29 is 0 Å². The summed E-state index contributed by atoms with van der Waals surface area (Å²) >= 11 is 0. The first kappa shape index (κ1) is 15.8. The van der Waals surface area contributed by atoms with Crippen molar-refractivity contribution in [2.24, 2.45) is 0 Å². The van der Waals surface area contributed by atoms with E-state index in [0.29, 0.717) is 12.1 Å². The average Bonchev–Trinajstić information content (AvgIpc) is 3.05. The minimum atomic E-state index is 0.250. The molecule has 1 fully saturated rings. The van der Waals surface area contributed by atoms with E-state index < -0.39 is 0 Å². The van der Waals surface area contributed by atoms with Crippen molar-refractivity contribution in [1.82, 2.24) is 9.88 Å². The van der Waals surface area contributed by atoms with Crippen LogP contribution in [0.5, 0.6) is 0 Å². The third-order valence-corrected chi connectivity index (χ3v) is 5.58. The zero-order valence-electron chi connectivity index (χ0n) is 14.2. The first-order valence-electron chi connectivity index (χ1n) is 9.20. The highest BCUT2D eigenvalue weighted by atomic mass is 16.1. The molecule has 1 saturated carbocycles. The summed E-state index contributed by atoms with van der Waals surface area (Å²) in [4.78, 5) is 13.0. The van der Waals surface area contributed by atoms with Crippen LogP contribution in [0.3, 0.4) is 0 Å². The maximum atomic E-state index is 13.0. The summed E-state index contributed by atoms with van der Waals surface area (Å²) < 4.78 is 2.11. The van der Waals surface area contributed by atoms with Crippen molar-refractivity contribution in [3.63, 3.8) is 0 Å². The summed E-state index contributed by atoms with van der Waals surface area (Å²) in [6.07, 6.45) is 10.9. The van der Waals surface area contributed by atoms with Crippen LogP contribution >= 0.6 is 0 Å². The van der Waals surface area contributed by atoms with Gasteiger partial charge in [0.25, 0.3) is 5.56 Å². The van der Waals surface area contributed by atoms with Gasteiger partial charge in [-0.1, -0.05) is 19.8 Å². The number of nitrogens with one attached hydrogen (secondary N) is 1.